The molecule has 0 unspecified atom stereocenters. The van der Waals surface area contributed by atoms with Gasteiger partial charge in [-0.25, -0.2) is 4.39 Å². The van der Waals surface area contributed by atoms with Crippen LogP contribution in [0.4, 0.5) is 10.3 Å². The van der Waals surface area contributed by atoms with Crippen molar-refractivity contribution in [2.75, 3.05) is 38.1 Å². The number of anilines is 1. The van der Waals surface area contributed by atoms with Crippen molar-refractivity contribution in [3.8, 4) is 11.3 Å². The lowest BCUT2D eigenvalue weighted by molar-refractivity contribution is 0.0639. The summed E-state index contributed by atoms with van der Waals surface area (Å²) >= 11 is 0. The molecular formula is C24H29FN4O3. The van der Waals surface area contributed by atoms with Crippen molar-refractivity contribution in [2.45, 2.75) is 32.9 Å². The molecule has 2 aromatic heterocycles. The maximum Gasteiger partial charge on any atom is 0.290 e. The van der Waals surface area contributed by atoms with Gasteiger partial charge in [0.15, 0.2) is 5.76 Å². The molecule has 1 saturated heterocycles. The van der Waals surface area contributed by atoms with Crippen LogP contribution in [-0.4, -0.2) is 60.1 Å². The molecule has 4 rings (SSSR count). The highest BCUT2D eigenvalue weighted by Crippen LogP contribution is 2.34. The van der Waals surface area contributed by atoms with E-state index in [9.17, 15) is 9.18 Å². The molecule has 0 radical (unpaired) electrons. The van der Waals surface area contributed by atoms with E-state index >= 15 is 0 Å². The summed E-state index contributed by atoms with van der Waals surface area (Å²) in [6.07, 6.45) is 2.29. The van der Waals surface area contributed by atoms with Gasteiger partial charge in [-0.05, 0) is 56.8 Å². The Balaban J connectivity index is 1.74. The minimum atomic E-state index is -0.313. The van der Waals surface area contributed by atoms with Crippen LogP contribution in [0.15, 0.2) is 51.6 Å². The number of nitrogens with zero attached hydrogens (tertiary/aromatic N) is 4. The molecule has 1 aliphatic heterocycles. The third-order valence-electron chi connectivity index (χ3n) is 6.12. The molecule has 3 aromatic rings. The molecule has 1 atom stereocenters. The average Bonchev–Trinajstić information content (AvgIpc) is 3.48. The number of carbonyl (C=O) groups excluding carboxylic acids is 1. The average molecular weight is 441 g/mol. The molecule has 0 aliphatic carbocycles. The molecule has 0 saturated carbocycles. The lowest BCUT2D eigenvalue weighted by Crippen LogP contribution is -2.45. The van der Waals surface area contributed by atoms with E-state index in [-0.39, 0.29) is 17.8 Å². The third-order valence-corrected chi connectivity index (χ3v) is 6.12. The Morgan fingerprint density at radius 2 is 1.91 bits per heavy atom. The number of furan rings is 1. The normalized spacial score (nSPS) is 15.7. The Bertz CT molecular complexity index is 1020. The Kier molecular flexibility index (Phi) is 6.60. The minimum absolute atomic E-state index is 0.0242. The molecule has 8 heteroatoms. The molecule has 1 aliphatic rings. The summed E-state index contributed by atoms with van der Waals surface area (Å²) in [6.45, 7) is 7.80. The second kappa shape index (κ2) is 9.56. The monoisotopic (exact) mass is 440 g/mol. The van der Waals surface area contributed by atoms with Crippen molar-refractivity contribution in [1.82, 2.24) is 15.0 Å². The van der Waals surface area contributed by atoms with Crippen LogP contribution in [-0.2, 0) is 6.54 Å². The van der Waals surface area contributed by atoms with Crippen molar-refractivity contribution in [3.05, 3.63) is 59.8 Å². The zero-order valence-electron chi connectivity index (χ0n) is 18.8. The van der Waals surface area contributed by atoms with Crippen LogP contribution in [0, 0.1) is 5.82 Å². The van der Waals surface area contributed by atoms with Gasteiger partial charge in [-0.2, -0.15) is 0 Å². The van der Waals surface area contributed by atoms with Gasteiger partial charge < -0.3 is 23.6 Å². The van der Waals surface area contributed by atoms with Crippen molar-refractivity contribution in [3.63, 3.8) is 0 Å². The maximum atomic E-state index is 13.5. The highest BCUT2D eigenvalue weighted by molar-refractivity contribution is 5.91. The van der Waals surface area contributed by atoms with Crippen molar-refractivity contribution in [1.29, 1.82) is 0 Å². The summed E-state index contributed by atoms with van der Waals surface area (Å²) in [4.78, 5) is 19.5. The van der Waals surface area contributed by atoms with Gasteiger partial charge in [0.25, 0.3) is 5.91 Å². The number of carbonyl (C=O) groups is 1. The summed E-state index contributed by atoms with van der Waals surface area (Å²) in [5, 5.41) is 4.36. The maximum absolute atomic E-state index is 13.5. The van der Waals surface area contributed by atoms with E-state index in [1.807, 2.05) is 13.8 Å². The number of benzene rings is 1. The fourth-order valence-electron chi connectivity index (χ4n) is 3.90. The number of likely N-dealkylation sites (N-methyl/N-ethyl adjacent to an activating group) is 1. The van der Waals surface area contributed by atoms with E-state index < -0.39 is 0 Å². The number of rotatable bonds is 7. The smallest absolute Gasteiger partial charge is 0.290 e. The van der Waals surface area contributed by atoms with E-state index in [1.165, 1.54) is 18.4 Å². The molecular weight excluding hydrogens is 411 g/mol. The summed E-state index contributed by atoms with van der Waals surface area (Å²) in [5.74, 6) is 0.469. The first kappa shape index (κ1) is 22.1. The topological polar surface area (TPSA) is 66.0 Å². The summed E-state index contributed by atoms with van der Waals surface area (Å²) in [5.41, 5.74) is 2.20. The summed E-state index contributed by atoms with van der Waals surface area (Å²) < 4.78 is 24.8. The van der Waals surface area contributed by atoms with E-state index in [1.54, 1.807) is 29.2 Å². The molecule has 0 N–H and O–H groups in total. The number of aromatic nitrogens is 1. The van der Waals surface area contributed by atoms with Gasteiger partial charge in [-0.15, -0.1) is 0 Å². The summed E-state index contributed by atoms with van der Waals surface area (Å²) in [7, 11) is 2.09. The molecule has 7 nitrogen and oxygen atoms in total. The minimum Gasteiger partial charge on any atom is -0.459 e. The zero-order valence-corrected chi connectivity index (χ0v) is 18.8. The van der Waals surface area contributed by atoms with Crippen molar-refractivity contribution >= 4 is 11.8 Å². The standard InChI is InChI=1S/C24H29FN4O3/c1-4-17(2)29(23(30)21-6-5-15-31-21)16-20-22(18-7-9-19(25)10-8-18)26-32-24(20)28-13-11-27(3)12-14-28/h5-10,15,17H,4,11-14,16H2,1-3H3/t17-/m0/s1. The number of amides is 1. The van der Waals surface area contributed by atoms with Crippen LogP contribution in [0.3, 0.4) is 0 Å². The third kappa shape index (κ3) is 4.55. The Morgan fingerprint density at radius 1 is 1.19 bits per heavy atom. The second-order valence-electron chi connectivity index (χ2n) is 8.28. The first-order chi connectivity index (χ1) is 15.5. The van der Waals surface area contributed by atoms with Gasteiger partial charge in [0.05, 0.1) is 18.4 Å². The van der Waals surface area contributed by atoms with Crippen LogP contribution in [0.1, 0.15) is 36.4 Å². The summed E-state index contributed by atoms with van der Waals surface area (Å²) in [6, 6.07) is 9.55. The van der Waals surface area contributed by atoms with Gasteiger partial charge in [-0.1, -0.05) is 12.1 Å². The quantitative estimate of drug-likeness (QED) is 0.547. The second-order valence-corrected chi connectivity index (χ2v) is 8.28. The lowest BCUT2D eigenvalue weighted by Gasteiger charge is -2.33. The lowest BCUT2D eigenvalue weighted by atomic mass is 10.0. The van der Waals surface area contributed by atoms with Crippen LogP contribution < -0.4 is 4.90 Å². The van der Waals surface area contributed by atoms with Crippen LogP contribution >= 0.6 is 0 Å². The zero-order chi connectivity index (χ0) is 22.7. The Hall–Kier alpha value is -3.13. The van der Waals surface area contributed by atoms with Crippen LogP contribution in [0.2, 0.25) is 0 Å². The number of hydrogen-bond donors (Lipinski definition) is 0. The Morgan fingerprint density at radius 3 is 2.53 bits per heavy atom. The molecule has 1 amide bonds. The van der Waals surface area contributed by atoms with E-state index in [2.05, 4.69) is 22.0 Å². The van der Waals surface area contributed by atoms with Gasteiger partial charge in [0.1, 0.15) is 11.5 Å². The van der Waals surface area contributed by atoms with Crippen LogP contribution in [0.5, 0.6) is 0 Å². The largest absolute Gasteiger partial charge is 0.459 e. The fraction of sp³-hybridized carbons (Fsp3) is 0.417. The predicted octanol–water partition coefficient (Wildman–Crippen LogP) is 4.27. The SMILES string of the molecule is CC[C@H](C)N(Cc1c(-c2ccc(F)cc2)noc1N1CCN(C)CC1)C(=O)c1ccco1. The van der Waals surface area contributed by atoms with Crippen LogP contribution in [0.25, 0.3) is 11.3 Å². The van der Waals surface area contributed by atoms with Gasteiger partial charge in [-0.3, -0.25) is 4.79 Å². The number of piperazine rings is 1. The highest BCUT2D eigenvalue weighted by atomic mass is 19.1. The molecule has 3 heterocycles. The molecule has 1 aromatic carbocycles. The highest BCUT2D eigenvalue weighted by Gasteiger charge is 2.30. The van der Waals surface area contributed by atoms with E-state index in [4.69, 9.17) is 8.94 Å². The Labute approximate surface area is 187 Å². The number of hydrogen-bond acceptors (Lipinski definition) is 6. The van der Waals surface area contributed by atoms with Crippen molar-refractivity contribution < 1.29 is 18.1 Å². The first-order valence-electron chi connectivity index (χ1n) is 11.0. The number of halogens is 1. The van der Waals surface area contributed by atoms with Gasteiger partial charge >= 0.3 is 0 Å². The van der Waals surface area contributed by atoms with E-state index in [0.717, 1.165) is 43.7 Å². The van der Waals surface area contributed by atoms with Crippen molar-refractivity contribution in [2.24, 2.45) is 0 Å². The fourth-order valence-corrected chi connectivity index (χ4v) is 3.90. The molecule has 32 heavy (non-hydrogen) atoms. The predicted molar refractivity (Wildman–Crippen MR) is 120 cm³/mol. The van der Waals surface area contributed by atoms with Gasteiger partial charge in [0.2, 0.25) is 5.88 Å². The molecule has 0 bridgehead atoms. The first-order valence-corrected chi connectivity index (χ1v) is 11.0. The molecule has 170 valence electrons. The molecule has 1 fully saturated rings. The van der Waals surface area contributed by atoms with E-state index in [0.29, 0.717) is 23.9 Å². The molecule has 0 spiro atoms. The van der Waals surface area contributed by atoms with Gasteiger partial charge in [0, 0.05) is 37.8 Å².